The highest BCUT2D eigenvalue weighted by Gasteiger charge is 2.18. The van der Waals surface area contributed by atoms with Gasteiger partial charge in [0.1, 0.15) is 5.75 Å². The van der Waals surface area contributed by atoms with Gasteiger partial charge >= 0.3 is 0 Å². The number of halogens is 3. The Morgan fingerprint density at radius 1 is 1.03 bits per heavy atom. The van der Waals surface area contributed by atoms with Crippen LogP contribution < -0.4 is 9.46 Å². The SMILES string of the molecule is CN(Cc1ccccc1Oc1ccc(Br)cc1F)C(=O)CCNS(=O)(=O)c1ccccc1Br. The van der Waals surface area contributed by atoms with Crippen LogP contribution in [0.25, 0.3) is 0 Å². The lowest BCUT2D eigenvalue weighted by atomic mass is 10.2. The molecule has 0 aromatic heterocycles. The standard InChI is InChI=1S/C23H21Br2FN2O4S/c1-28(23(29)12-13-27-33(30,31)22-9-5-3-7-18(22)25)15-16-6-2-4-8-20(16)32-21-11-10-17(24)14-19(21)26/h2-11,14,27H,12-13,15H2,1H3. The molecule has 6 nitrogen and oxygen atoms in total. The monoisotopic (exact) mass is 598 g/mol. The summed E-state index contributed by atoms with van der Waals surface area (Å²) >= 11 is 6.43. The molecule has 0 fully saturated rings. The number of ether oxygens (including phenoxy) is 1. The summed E-state index contributed by atoms with van der Waals surface area (Å²) in [7, 11) is -2.13. The molecule has 0 saturated carbocycles. The minimum absolute atomic E-state index is 0.0233. The molecule has 0 heterocycles. The molecule has 0 saturated heterocycles. The highest BCUT2D eigenvalue weighted by molar-refractivity contribution is 9.10. The van der Waals surface area contributed by atoms with E-state index in [1.165, 1.54) is 23.1 Å². The first-order valence-electron chi connectivity index (χ1n) is 9.86. The molecule has 0 aliphatic heterocycles. The number of hydrogen-bond donors (Lipinski definition) is 1. The molecule has 3 aromatic rings. The van der Waals surface area contributed by atoms with Crippen LogP contribution in [-0.4, -0.2) is 32.8 Å². The van der Waals surface area contributed by atoms with Crippen molar-refractivity contribution in [3.8, 4) is 11.5 Å². The molecule has 0 atom stereocenters. The van der Waals surface area contributed by atoms with Crippen LogP contribution in [-0.2, 0) is 21.4 Å². The van der Waals surface area contributed by atoms with E-state index in [1.54, 1.807) is 55.6 Å². The minimum Gasteiger partial charge on any atom is -0.454 e. The fourth-order valence-electron chi connectivity index (χ4n) is 2.98. The topological polar surface area (TPSA) is 75.7 Å². The summed E-state index contributed by atoms with van der Waals surface area (Å²) in [5.74, 6) is -0.274. The molecule has 174 valence electrons. The van der Waals surface area contributed by atoms with Crippen molar-refractivity contribution in [2.45, 2.75) is 17.9 Å². The highest BCUT2D eigenvalue weighted by atomic mass is 79.9. The van der Waals surface area contributed by atoms with Gasteiger partial charge in [-0.25, -0.2) is 17.5 Å². The largest absolute Gasteiger partial charge is 0.454 e. The van der Waals surface area contributed by atoms with E-state index in [4.69, 9.17) is 4.74 Å². The minimum atomic E-state index is -3.75. The van der Waals surface area contributed by atoms with Crippen molar-refractivity contribution < 1.29 is 22.3 Å². The molecule has 1 N–H and O–H groups in total. The van der Waals surface area contributed by atoms with E-state index in [0.717, 1.165) is 0 Å². The lowest BCUT2D eigenvalue weighted by Crippen LogP contribution is -2.32. The van der Waals surface area contributed by atoms with Crippen molar-refractivity contribution in [2.75, 3.05) is 13.6 Å². The summed E-state index contributed by atoms with van der Waals surface area (Å²) < 4.78 is 48.3. The van der Waals surface area contributed by atoms with Crippen LogP contribution in [0.2, 0.25) is 0 Å². The van der Waals surface area contributed by atoms with Crippen molar-refractivity contribution >= 4 is 47.8 Å². The average molecular weight is 600 g/mol. The fourth-order valence-corrected chi connectivity index (χ4v) is 5.34. The second-order valence-corrected chi connectivity index (χ2v) is 10.6. The van der Waals surface area contributed by atoms with Crippen LogP contribution in [0.3, 0.4) is 0 Å². The predicted molar refractivity (Wildman–Crippen MR) is 131 cm³/mol. The molecule has 3 rings (SSSR count). The van der Waals surface area contributed by atoms with Gasteiger partial charge in [0.15, 0.2) is 11.6 Å². The quantitative estimate of drug-likeness (QED) is 0.354. The van der Waals surface area contributed by atoms with Crippen LogP contribution in [0.4, 0.5) is 4.39 Å². The van der Waals surface area contributed by atoms with E-state index in [9.17, 15) is 17.6 Å². The van der Waals surface area contributed by atoms with Crippen LogP contribution in [0.1, 0.15) is 12.0 Å². The summed E-state index contributed by atoms with van der Waals surface area (Å²) in [4.78, 5) is 14.1. The van der Waals surface area contributed by atoms with Crippen molar-refractivity contribution in [3.63, 3.8) is 0 Å². The van der Waals surface area contributed by atoms with Crippen LogP contribution in [0.15, 0.2) is 80.6 Å². The smallest absolute Gasteiger partial charge is 0.241 e. The summed E-state index contributed by atoms with van der Waals surface area (Å²) in [6, 6.07) is 18.0. The van der Waals surface area contributed by atoms with E-state index in [2.05, 4.69) is 36.6 Å². The van der Waals surface area contributed by atoms with Gasteiger partial charge in [-0.05, 0) is 52.3 Å². The molecule has 3 aromatic carbocycles. The number of amides is 1. The van der Waals surface area contributed by atoms with Gasteiger partial charge in [0.25, 0.3) is 0 Å². The lowest BCUT2D eigenvalue weighted by molar-refractivity contribution is -0.130. The van der Waals surface area contributed by atoms with E-state index < -0.39 is 15.8 Å². The fraction of sp³-hybridized carbons (Fsp3) is 0.174. The summed E-state index contributed by atoms with van der Waals surface area (Å²) in [5.41, 5.74) is 0.685. The van der Waals surface area contributed by atoms with Gasteiger partial charge in [-0.15, -0.1) is 0 Å². The first kappa shape index (κ1) is 25.4. The molecule has 0 aliphatic rings. The number of para-hydroxylation sites is 1. The third kappa shape index (κ3) is 6.86. The third-order valence-electron chi connectivity index (χ3n) is 4.68. The zero-order valence-electron chi connectivity index (χ0n) is 17.6. The third-order valence-corrected chi connectivity index (χ3v) is 7.64. The number of benzene rings is 3. The number of rotatable bonds is 9. The van der Waals surface area contributed by atoms with Crippen molar-refractivity contribution in [1.82, 2.24) is 9.62 Å². The second kappa shape index (κ2) is 11.2. The zero-order chi connectivity index (χ0) is 24.0. The lowest BCUT2D eigenvalue weighted by Gasteiger charge is -2.20. The Kier molecular flexibility index (Phi) is 8.63. The van der Waals surface area contributed by atoms with E-state index in [1.807, 2.05) is 0 Å². The van der Waals surface area contributed by atoms with Gasteiger partial charge in [-0.1, -0.05) is 46.3 Å². The molecule has 0 bridgehead atoms. The number of nitrogens with one attached hydrogen (secondary N) is 1. The number of carbonyl (C=O) groups excluding carboxylic acids is 1. The molecular formula is C23H21Br2FN2O4S. The summed E-state index contributed by atoms with van der Waals surface area (Å²) in [5, 5.41) is 0. The maximum atomic E-state index is 14.2. The molecule has 0 spiro atoms. The Morgan fingerprint density at radius 2 is 1.73 bits per heavy atom. The number of sulfonamides is 1. The molecule has 0 radical (unpaired) electrons. The summed E-state index contributed by atoms with van der Waals surface area (Å²) in [6.45, 7) is 0.166. The van der Waals surface area contributed by atoms with Gasteiger partial charge in [0.05, 0.1) is 4.90 Å². The molecular weight excluding hydrogens is 579 g/mol. The molecule has 0 aliphatic carbocycles. The van der Waals surface area contributed by atoms with Gasteiger partial charge in [-0.3, -0.25) is 4.79 Å². The van der Waals surface area contributed by atoms with Gasteiger partial charge in [-0.2, -0.15) is 0 Å². The first-order valence-corrected chi connectivity index (χ1v) is 12.9. The second-order valence-electron chi connectivity index (χ2n) is 7.11. The normalized spacial score (nSPS) is 11.3. The Morgan fingerprint density at radius 3 is 2.45 bits per heavy atom. The van der Waals surface area contributed by atoms with Crippen molar-refractivity contribution in [3.05, 3.63) is 87.1 Å². The Balaban J connectivity index is 1.60. The zero-order valence-corrected chi connectivity index (χ0v) is 21.6. The van der Waals surface area contributed by atoms with Gasteiger partial charge in [0.2, 0.25) is 15.9 Å². The predicted octanol–water partition coefficient (Wildman–Crippen LogP) is 5.47. The Hall–Kier alpha value is -2.27. The van der Waals surface area contributed by atoms with Crippen molar-refractivity contribution in [2.24, 2.45) is 0 Å². The molecule has 33 heavy (non-hydrogen) atoms. The first-order chi connectivity index (χ1) is 15.7. The highest BCUT2D eigenvalue weighted by Crippen LogP contribution is 2.29. The maximum Gasteiger partial charge on any atom is 0.241 e. The van der Waals surface area contributed by atoms with Gasteiger partial charge < -0.3 is 9.64 Å². The number of nitrogens with zero attached hydrogens (tertiary/aromatic N) is 1. The van der Waals surface area contributed by atoms with Gasteiger partial charge in [0, 0.05) is 41.1 Å². The molecule has 10 heteroatoms. The molecule has 0 unspecified atom stereocenters. The maximum absolute atomic E-state index is 14.2. The number of carbonyl (C=O) groups is 1. The Labute approximate surface area is 209 Å². The molecule has 1 amide bonds. The average Bonchev–Trinajstić information content (AvgIpc) is 2.76. The van der Waals surface area contributed by atoms with Crippen LogP contribution in [0.5, 0.6) is 11.5 Å². The van der Waals surface area contributed by atoms with E-state index >= 15 is 0 Å². The van der Waals surface area contributed by atoms with Crippen molar-refractivity contribution in [1.29, 1.82) is 0 Å². The van der Waals surface area contributed by atoms with E-state index in [0.29, 0.717) is 20.3 Å². The summed E-state index contributed by atoms with van der Waals surface area (Å²) in [6.07, 6.45) is -0.0233. The van der Waals surface area contributed by atoms with Crippen LogP contribution in [0, 0.1) is 5.82 Å². The van der Waals surface area contributed by atoms with Crippen LogP contribution >= 0.6 is 31.9 Å². The van der Waals surface area contributed by atoms with E-state index in [-0.39, 0.29) is 36.1 Å². The number of hydrogen-bond acceptors (Lipinski definition) is 4. The Bertz CT molecular complexity index is 1250.